The van der Waals surface area contributed by atoms with Crippen molar-refractivity contribution in [3.63, 3.8) is 0 Å². The third-order valence-electron chi connectivity index (χ3n) is 5.84. The zero-order valence-corrected chi connectivity index (χ0v) is 13.4. The molecule has 0 aliphatic heterocycles. The highest BCUT2D eigenvalue weighted by Crippen LogP contribution is 2.56. The van der Waals surface area contributed by atoms with Gasteiger partial charge in [-0.25, -0.2) is 0 Å². The van der Waals surface area contributed by atoms with E-state index in [4.69, 9.17) is 10.6 Å². The molecule has 0 saturated heterocycles. The molecule has 0 radical (unpaired) electrons. The van der Waals surface area contributed by atoms with E-state index in [-0.39, 0.29) is 11.5 Å². The van der Waals surface area contributed by atoms with Gasteiger partial charge in [-0.1, -0.05) is 20.3 Å². The minimum atomic E-state index is -0.583. The van der Waals surface area contributed by atoms with Crippen molar-refractivity contribution in [3.05, 3.63) is 10.1 Å². The summed E-state index contributed by atoms with van der Waals surface area (Å²) in [6.45, 7) is 4.98. The maximum atomic E-state index is 10.9. The highest BCUT2D eigenvalue weighted by atomic mass is 17.0. The summed E-state index contributed by atoms with van der Waals surface area (Å²) in [5.74, 6) is 2.03. The Labute approximate surface area is 127 Å². The van der Waals surface area contributed by atoms with Crippen LogP contribution < -0.4 is 5.73 Å². The van der Waals surface area contributed by atoms with Gasteiger partial charge >= 0.3 is 0 Å². The molecule has 21 heavy (non-hydrogen) atoms. The zero-order chi connectivity index (χ0) is 15.5. The van der Waals surface area contributed by atoms with Gasteiger partial charge in [-0.05, 0) is 74.7 Å². The van der Waals surface area contributed by atoms with E-state index in [1.165, 1.54) is 19.3 Å². The first-order valence-corrected chi connectivity index (χ1v) is 8.54. The summed E-state index contributed by atoms with van der Waals surface area (Å²) in [6, 6.07) is 0. The molecule has 2 aliphatic rings. The van der Waals surface area contributed by atoms with Crippen LogP contribution in [0, 0.1) is 33.3 Å². The molecule has 2 fully saturated rings. The molecule has 122 valence electrons. The average Bonchev–Trinajstić information content (AvgIpc) is 2.43. The van der Waals surface area contributed by atoms with Crippen LogP contribution in [0.4, 0.5) is 0 Å². The van der Waals surface area contributed by atoms with Gasteiger partial charge in [0.2, 0.25) is 0 Å². The summed E-state index contributed by atoms with van der Waals surface area (Å²) in [7, 11) is 0. The maximum Gasteiger partial charge on any atom is 0.294 e. The van der Waals surface area contributed by atoms with Crippen LogP contribution in [0.25, 0.3) is 0 Å². The zero-order valence-electron chi connectivity index (χ0n) is 13.4. The van der Waals surface area contributed by atoms with Gasteiger partial charge in [0.1, 0.15) is 6.10 Å². The topological polar surface area (TPSA) is 78.4 Å². The van der Waals surface area contributed by atoms with Crippen LogP contribution in [0.2, 0.25) is 0 Å². The largest absolute Gasteiger partial charge is 0.330 e. The van der Waals surface area contributed by atoms with E-state index < -0.39 is 5.09 Å². The molecular weight excluding hydrogens is 268 g/mol. The number of fused-ring (bicyclic) bond motifs is 2. The molecule has 0 aromatic carbocycles. The minimum Gasteiger partial charge on any atom is -0.330 e. The van der Waals surface area contributed by atoms with Crippen molar-refractivity contribution < 1.29 is 9.92 Å². The van der Waals surface area contributed by atoms with E-state index in [0.29, 0.717) is 17.8 Å². The Morgan fingerprint density at radius 1 is 1.29 bits per heavy atom. The van der Waals surface area contributed by atoms with Gasteiger partial charge in [0.05, 0.1) is 0 Å². The van der Waals surface area contributed by atoms with Gasteiger partial charge < -0.3 is 10.6 Å². The quantitative estimate of drug-likeness (QED) is 0.576. The fraction of sp³-hybridized carbons (Fsp3) is 1.00. The first-order valence-electron chi connectivity index (χ1n) is 8.54. The van der Waals surface area contributed by atoms with E-state index in [1.54, 1.807) is 0 Å². The monoisotopic (exact) mass is 298 g/mol. The molecule has 0 heterocycles. The third-order valence-corrected chi connectivity index (χ3v) is 5.84. The lowest BCUT2D eigenvalue weighted by Crippen LogP contribution is -2.49. The van der Waals surface area contributed by atoms with Crippen LogP contribution >= 0.6 is 0 Å². The van der Waals surface area contributed by atoms with Crippen molar-refractivity contribution in [1.29, 1.82) is 0 Å². The molecule has 2 bridgehead atoms. The molecule has 2 aliphatic carbocycles. The standard InChI is InChI=1S/C16H30N2O3/c1-3-12-7-14-8-13(5-6-17)10-16(9-12,11-14)15(4-2)21-18(19)20/h12-15H,3-11,17H2,1-2H3. The highest BCUT2D eigenvalue weighted by Gasteiger charge is 2.50. The summed E-state index contributed by atoms with van der Waals surface area (Å²) in [5.41, 5.74) is 5.76. The molecule has 0 aromatic heterocycles. The van der Waals surface area contributed by atoms with Crippen LogP contribution in [-0.4, -0.2) is 17.7 Å². The van der Waals surface area contributed by atoms with Gasteiger partial charge in [-0.2, -0.15) is 0 Å². The molecule has 5 nitrogen and oxygen atoms in total. The molecule has 0 amide bonds. The van der Waals surface area contributed by atoms with Crippen molar-refractivity contribution in [1.82, 2.24) is 0 Å². The Bertz CT molecular complexity index is 363. The molecule has 5 heteroatoms. The second-order valence-electron chi connectivity index (χ2n) is 7.26. The van der Waals surface area contributed by atoms with Crippen LogP contribution in [0.1, 0.15) is 65.2 Å². The summed E-state index contributed by atoms with van der Waals surface area (Å²) in [4.78, 5) is 16.0. The van der Waals surface area contributed by atoms with Gasteiger partial charge in [0, 0.05) is 0 Å². The molecule has 5 unspecified atom stereocenters. The second kappa shape index (κ2) is 6.95. The summed E-state index contributed by atoms with van der Waals surface area (Å²) in [5, 5.41) is 10.3. The number of nitrogens with zero attached hydrogens (tertiary/aromatic N) is 1. The lowest BCUT2D eigenvalue weighted by Gasteiger charge is -2.53. The smallest absolute Gasteiger partial charge is 0.294 e. The molecule has 0 aromatic rings. The Morgan fingerprint density at radius 2 is 1.95 bits per heavy atom. The van der Waals surface area contributed by atoms with Gasteiger partial charge in [0.25, 0.3) is 5.09 Å². The number of hydrogen-bond acceptors (Lipinski definition) is 4. The Morgan fingerprint density at radius 3 is 2.52 bits per heavy atom. The Hall–Kier alpha value is -0.840. The van der Waals surface area contributed by atoms with Crippen LogP contribution in [-0.2, 0) is 4.84 Å². The Kier molecular flexibility index (Phi) is 5.47. The van der Waals surface area contributed by atoms with E-state index in [1.807, 2.05) is 6.92 Å². The van der Waals surface area contributed by atoms with E-state index in [0.717, 1.165) is 38.6 Å². The first-order chi connectivity index (χ1) is 10.0. The summed E-state index contributed by atoms with van der Waals surface area (Å²) in [6.07, 6.45) is 8.50. The van der Waals surface area contributed by atoms with Gasteiger partial charge in [-0.15, -0.1) is 10.1 Å². The van der Waals surface area contributed by atoms with Crippen molar-refractivity contribution in [3.8, 4) is 0 Å². The molecule has 2 rings (SSSR count). The SMILES string of the molecule is CCC1CC2CC(CCN)CC(C(CC)O[N+](=O)[O-])(C1)C2. The van der Waals surface area contributed by atoms with E-state index in [2.05, 4.69) is 6.92 Å². The second-order valence-corrected chi connectivity index (χ2v) is 7.26. The van der Waals surface area contributed by atoms with E-state index >= 15 is 0 Å². The lowest BCUT2D eigenvalue weighted by atomic mass is 9.53. The van der Waals surface area contributed by atoms with Gasteiger partial charge in [-0.3, -0.25) is 0 Å². The van der Waals surface area contributed by atoms with Crippen molar-refractivity contribution in [2.45, 2.75) is 71.3 Å². The molecule has 2 N–H and O–H groups in total. The fourth-order valence-electron chi connectivity index (χ4n) is 5.23. The normalized spacial score (nSPS) is 37.0. The van der Waals surface area contributed by atoms with Crippen LogP contribution in [0.15, 0.2) is 0 Å². The summed E-state index contributed by atoms with van der Waals surface area (Å²) < 4.78 is 0. The molecular formula is C16H30N2O3. The number of rotatable bonds is 7. The Balaban J connectivity index is 2.21. The van der Waals surface area contributed by atoms with Crippen molar-refractivity contribution >= 4 is 0 Å². The molecule has 2 saturated carbocycles. The number of hydrogen-bond donors (Lipinski definition) is 1. The van der Waals surface area contributed by atoms with E-state index in [9.17, 15) is 10.1 Å². The van der Waals surface area contributed by atoms with Crippen LogP contribution in [0.3, 0.4) is 0 Å². The van der Waals surface area contributed by atoms with Crippen LogP contribution in [0.5, 0.6) is 0 Å². The fourth-order valence-corrected chi connectivity index (χ4v) is 5.23. The predicted octanol–water partition coefficient (Wildman–Crippen LogP) is 3.54. The third kappa shape index (κ3) is 3.68. The van der Waals surface area contributed by atoms with Gasteiger partial charge in [0.15, 0.2) is 0 Å². The minimum absolute atomic E-state index is 0.00347. The number of nitrogens with two attached hydrogens (primary N) is 1. The lowest BCUT2D eigenvalue weighted by molar-refractivity contribution is -0.773. The molecule has 0 spiro atoms. The van der Waals surface area contributed by atoms with Crippen molar-refractivity contribution in [2.24, 2.45) is 28.9 Å². The maximum absolute atomic E-state index is 10.9. The average molecular weight is 298 g/mol. The first kappa shape index (κ1) is 16.5. The molecule has 5 atom stereocenters. The predicted molar refractivity (Wildman–Crippen MR) is 82.1 cm³/mol. The van der Waals surface area contributed by atoms with Crippen molar-refractivity contribution in [2.75, 3.05) is 6.54 Å². The highest BCUT2D eigenvalue weighted by molar-refractivity contribution is 4.99. The summed E-state index contributed by atoms with van der Waals surface area (Å²) >= 11 is 0.